The summed E-state index contributed by atoms with van der Waals surface area (Å²) in [4.78, 5) is 25.7. The molecular formula is C25H20N6O2. The van der Waals surface area contributed by atoms with Crippen LogP contribution >= 0.6 is 0 Å². The normalized spacial score (nSPS) is 10.8. The lowest BCUT2D eigenvalue weighted by molar-refractivity contribution is -0.118. The predicted molar refractivity (Wildman–Crippen MR) is 125 cm³/mol. The third-order valence-electron chi connectivity index (χ3n) is 5.05. The number of aryl methyl sites for hydroxylation is 1. The van der Waals surface area contributed by atoms with Crippen molar-refractivity contribution < 1.29 is 9.53 Å². The van der Waals surface area contributed by atoms with Crippen molar-refractivity contribution in [1.82, 2.24) is 24.7 Å². The summed E-state index contributed by atoms with van der Waals surface area (Å²) in [6.07, 6.45) is 3.12. The molecule has 8 nitrogen and oxygen atoms in total. The zero-order valence-corrected chi connectivity index (χ0v) is 17.8. The number of hydrogen-bond acceptors (Lipinski definition) is 6. The first-order valence-corrected chi connectivity index (χ1v) is 10.4. The van der Waals surface area contributed by atoms with Crippen molar-refractivity contribution in [2.75, 3.05) is 11.9 Å². The van der Waals surface area contributed by atoms with Crippen LogP contribution in [0.4, 0.5) is 5.69 Å². The maximum Gasteiger partial charge on any atom is 0.262 e. The van der Waals surface area contributed by atoms with Gasteiger partial charge in [-0.1, -0.05) is 29.8 Å². The first kappa shape index (κ1) is 20.3. The predicted octanol–water partition coefficient (Wildman–Crippen LogP) is 4.20. The Morgan fingerprint density at radius 1 is 0.970 bits per heavy atom. The van der Waals surface area contributed by atoms with Crippen molar-refractivity contribution in [2.24, 2.45) is 0 Å². The van der Waals surface area contributed by atoms with Gasteiger partial charge in [0, 0.05) is 11.3 Å². The maximum absolute atomic E-state index is 12.4. The lowest BCUT2D eigenvalue weighted by Crippen LogP contribution is -2.20. The molecule has 2 heterocycles. The van der Waals surface area contributed by atoms with E-state index in [0.29, 0.717) is 11.7 Å². The number of carbonyl (C=O) groups is 1. The molecule has 2 aromatic heterocycles. The largest absolute Gasteiger partial charge is 0.467 e. The van der Waals surface area contributed by atoms with E-state index in [0.717, 1.165) is 33.4 Å². The average Bonchev–Trinajstić information content (AvgIpc) is 3.39. The van der Waals surface area contributed by atoms with Gasteiger partial charge in [-0.2, -0.15) is 10.1 Å². The second-order valence-corrected chi connectivity index (χ2v) is 7.46. The van der Waals surface area contributed by atoms with Crippen LogP contribution in [-0.2, 0) is 4.79 Å². The first-order valence-electron chi connectivity index (χ1n) is 10.4. The molecule has 1 N–H and O–H groups in total. The summed E-state index contributed by atoms with van der Waals surface area (Å²) in [6, 6.07) is 22.8. The number of anilines is 1. The molecule has 0 saturated heterocycles. The summed E-state index contributed by atoms with van der Waals surface area (Å²) >= 11 is 0. The molecule has 0 aliphatic heterocycles. The summed E-state index contributed by atoms with van der Waals surface area (Å²) in [5, 5.41) is 7.71. The molecule has 5 aromatic rings. The van der Waals surface area contributed by atoms with Crippen molar-refractivity contribution in [3.8, 4) is 23.0 Å². The average molecular weight is 436 g/mol. The van der Waals surface area contributed by atoms with E-state index in [1.807, 2.05) is 79.7 Å². The lowest BCUT2D eigenvalue weighted by atomic mass is 10.1. The Balaban J connectivity index is 1.39. The third-order valence-corrected chi connectivity index (χ3v) is 5.05. The second-order valence-electron chi connectivity index (χ2n) is 7.46. The Kier molecular flexibility index (Phi) is 5.47. The molecule has 3 aromatic carbocycles. The molecule has 0 atom stereocenters. The van der Waals surface area contributed by atoms with Crippen molar-refractivity contribution in [3.05, 3.63) is 91.0 Å². The molecule has 162 valence electrons. The molecule has 33 heavy (non-hydrogen) atoms. The van der Waals surface area contributed by atoms with E-state index >= 15 is 0 Å². The van der Waals surface area contributed by atoms with Gasteiger partial charge in [-0.15, -0.1) is 0 Å². The van der Waals surface area contributed by atoms with Gasteiger partial charge in [0.25, 0.3) is 5.91 Å². The molecule has 0 radical (unpaired) electrons. The van der Waals surface area contributed by atoms with E-state index < -0.39 is 0 Å². The number of nitrogens with zero attached hydrogens (tertiary/aromatic N) is 5. The second kappa shape index (κ2) is 8.88. The van der Waals surface area contributed by atoms with E-state index in [1.54, 1.807) is 11.0 Å². The fraction of sp³-hybridized carbons (Fsp3) is 0.0800. The Morgan fingerprint density at radius 3 is 2.52 bits per heavy atom. The Labute approximate surface area is 189 Å². The number of nitrogens with one attached hydrogen (secondary N) is 1. The van der Waals surface area contributed by atoms with Crippen molar-refractivity contribution in [3.63, 3.8) is 0 Å². The van der Waals surface area contributed by atoms with E-state index in [2.05, 4.69) is 25.4 Å². The smallest absolute Gasteiger partial charge is 0.262 e. The standard InChI is InChI=1S/C25H20N6O2/c1-17-6-10-19(11-7-17)28-23(32)14-33-25-21-4-2-3-5-22(21)29-24(30-25)18-8-12-20(13-9-18)31-16-26-15-27-31/h2-13,15-16H,14H2,1H3,(H,28,32). The molecule has 0 aliphatic carbocycles. The molecule has 1 amide bonds. The van der Waals surface area contributed by atoms with Crippen LogP contribution in [0.1, 0.15) is 5.56 Å². The molecule has 5 rings (SSSR count). The molecule has 0 bridgehead atoms. The quantitative estimate of drug-likeness (QED) is 0.429. The molecule has 0 spiro atoms. The van der Waals surface area contributed by atoms with Crippen LogP contribution in [0.15, 0.2) is 85.5 Å². The molecular weight excluding hydrogens is 416 g/mol. The highest BCUT2D eigenvalue weighted by Crippen LogP contribution is 2.27. The highest BCUT2D eigenvalue weighted by molar-refractivity contribution is 5.92. The summed E-state index contributed by atoms with van der Waals surface area (Å²) in [5.41, 5.74) is 4.27. The Bertz CT molecular complexity index is 1400. The van der Waals surface area contributed by atoms with Crippen LogP contribution in [0, 0.1) is 6.92 Å². The minimum atomic E-state index is -0.264. The van der Waals surface area contributed by atoms with Gasteiger partial charge in [-0.3, -0.25) is 4.79 Å². The molecule has 0 saturated carbocycles. The first-order chi connectivity index (χ1) is 16.2. The summed E-state index contributed by atoms with van der Waals surface area (Å²) in [5.74, 6) is 0.600. The fourth-order valence-corrected chi connectivity index (χ4v) is 3.36. The number of hydrogen-bond donors (Lipinski definition) is 1. The number of fused-ring (bicyclic) bond motifs is 1. The minimum absolute atomic E-state index is 0.167. The maximum atomic E-state index is 12.4. The molecule has 0 fully saturated rings. The van der Waals surface area contributed by atoms with Gasteiger partial charge in [0.05, 0.1) is 16.6 Å². The van der Waals surface area contributed by atoms with Gasteiger partial charge >= 0.3 is 0 Å². The van der Waals surface area contributed by atoms with Crippen LogP contribution in [0.25, 0.3) is 28.0 Å². The highest BCUT2D eigenvalue weighted by Gasteiger charge is 2.13. The number of rotatable bonds is 6. The zero-order valence-electron chi connectivity index (χ0n) is 17.8. The monoisotopic (exact) mass is 436 g/mol. The highest BCUT2D eigenvalue weighted by atomic mass is 16.5. The van der Waals surface area contributed by atoms with Crippen molar-refractivity contribution in [2.45, 2.75) is 6.92 Å². The van der Waals surface area contributed by atoms with Gasteiger partial charge < -0.3 is 10.1 Å². The zero-order chi connectivity index (χ0) is 22.6. The summed E-state index contributed by atoms with van der Waals surface area (Å²) in [6.45, 7) is 1.83. The van der Waals surface area contributed by atoms with Crippen LogP contribution < -0.4 is 10.1 Å². The Hall–Kier alpha value is -4.59. The number of para-hydroxylation sites is 1. The van der Waals surface area contributed by atoms with Crippen LogP contribution in [0.5, 0.6) is 5.88 Å². The van der Waals surface area contributed by atoms with Gasteiger partial charge in [-0.25, -0.2) is 14.6 Å². The van der Waals surface area contributed by atoms with Crippen LogP contribution in [-0.4, -0.2) is 37.2 Å². The van der Waals surface area contributed by atoms with Crippen molar-refractivity contribution in [1.29, 1.82) is 0 Å². The third kappa shape index (κ3) is 4.54. The SMILES string of the molecule is Cc1ccc(NC(=O)COc2nc(-c3ccc(-n4cncn4)cc3)nc3ccccc23)cc1. The fourth-order valence-electron chi connectivity index (χ4n) is 3.36. The number of aromatic nitrogens is 5. The van der Waals surface area contributed by atoms with Gasteiger partial charge in [0.2, 0.25) is 5.88 Å². The van der Waals surface area contributed by atoms with Crippen LogP contribution in [0.3, 0.4) is 0 Å². The molecule has 0 aliphatic rings. The summed E-state index contributed by atoms with van der Waals surface area (Å²) in [7, 11) is 0. The Morgan fingerprint density at radius 2 is 1.76 bits per heavy atom. The summed E-state index contributed by atoms with van der Waals surface area (Å²) < 4.78 is 7.51. The molecule has 0 unspecified atom stereocenters. The molecule has 8 heteroatoms. The number of carbonyl (C=O) groups excluding carboxylic acids is 1. The van der Waals surface area contributed by atoms with Gasteiger partial charge in [-0.05, 0) is 55.5 Å². The number of amides is 1. The lowest BCUT2D eigenvalue weighted by Gasteiger charge is -2.11. The van der Waals surface area contributed by atoms with Crippen LogP contribution in [0.2, 0.25) is 0 Å². The number of benzene rings is 3. The number of ether oxygens (including phenoxy) is 1. The van der Waals surface area contributed by atoms with E-state index in [-0.39, 0.29) is 12.5 Å². The van der Waals surface area contributed by atoms with E-state index in [1.165, 1.54) is 6.33 Å². The van der Waals surface area contributed by atoms with Gasteiger partial charge in [0.15, 0.2) is 12.4 Å². The topological polar surface area (TPSA) is 94.8 Å². The van der Waals surface area contributed by atoms with Crippen molar-refractivity contribution >= 4 is 22.5 Å². The van der Waals surface area contributed by atoms with E-state index in [4.69, 9.17) is 4.74 Å². The van der Waals surface area contributed by atoms with Gasteiger partial charge in [0.1, 0.15) is 12.7 Å². The minimum Gasteiger partial charge on any atom is -0.467 e. The van der Waals surface area contributed by atoms with E-state index in [9.17, 15) is 4.79 Å².